The lowest BCUT2D eigenvalue weighted by Crippen LogP contribution is -2.17. The predicted molar refractivity (Wildman–Crippen MR) is 79.7 cm³/mol. The second-order valence-corrected chi connectivity index (χ2v) is 5.42. The van der Waals surface area contributed by atoms with Crippen LogP contribution in [0.15, 0.2) is 30.3 Å². The minimum Gasteiger partial charge on any atom is -0.384 e. The van der Waals surface area contributed by atoms with Crippen molar-refractivity contribution in [2.45, 2.75) is 32.2 Å². The molecule has 1 aromatic heterocycles. The number of aryl methyl sites for hydroxylation is 1. The van der Waals surface area contributed by atoms with Crippen LogP contribution in [0.2, 0.25) is 0 Å². The van der Waals surface area contributed by atoms with Gasteiger partial charge in [0.05, 0.1) is 18.8 Å². The number of hydrogen-bond acceptors (Lipinski definition) is 3. The average Bonchev–Trinajstić information content (AvgIpc) is 2.77. The number of hydrogen-bond donors (Lipinski definition) is 1. The fourth-order valence-electron chi connectivity index (χ4n) is 2.83. The van der Waals surface area contributed by atoms with Crippen molar-refractivity contribution in [1.29, 1.82) is 0 Å². The van der Waals surface area contributed by atoms with Crippen molar-refractivity contribution in [3.63, 3.8) is 0 Å². The molecule has 20 heavy (non-hydrogen) atoms. The summed E-state index contributed by atoms with van der Waals surface area (Å²) in [6.45, 7) is 4.40. The molecule has 0 saturated carbocycles. The highest BCUT2D eigenvalue weighted by molar-refractivity contribution is 5.41. The van der Waals surface area contributed by atoms with E-state index < -0.39 is 0 Å². The molecule has 4 heteroatoms. The second kappa shape index (κ2) is 5.67. The normalized spacial score (nSPS) is 19.1. The number of nitrogen functional groups attached to an aromatic ring is 1. The summed E-state index contributed by atoms with van der Waals surface area (Å²) in [6, 6.07) is 10.4. The number of nitrogens with zero attached hydrogens (tertiary/aromatic N) is 2. The summed E-state index contributed by atoms with van der Waals surface area (Å²) in [5.74, 6) is 2.12. The van der Waals surface area contributed by atoms with Gasteiger partial charge in [0, 0.05) is 12.5 Å². The monoisotopic (exact) mass is 271 g/mol. The van der Waals surface area contributed by atoms with Gasteiger partial charge in [-0.25, -0.2) is 4.98 Å². The van der Waals surface area contributed by atoms with E-state index in [0.717, 1.165) is 49.9 Å². The summed E-state index contributed by atoms with van der Waals surface area (Å²) in [4.78, 5) is 4.69. The van der Waals surface area contributed by atoms with Crippen LogP contribution in [0.3, 0.4) is 0 Å². The van der Waals surface area contributed by atoms with Gasteiger partial charge < -0.3 is 15.0 Å². The fourth-order valence-corrected chi connectivity index (χ4v) is 2.83. The molecule has 0 amide bonds. The van der Waals surface area contributed by atoms with Crippen LogP contribution in [0, 0.1) is 6.92 Å². The third-order valence-electron chi connectivity index (χ3n) is 3.96. The number of ether oxygens (including phenoxy) is 1. The number of anilines is 1. The molecular weight excluding hydrogens is 250 g/mol. The van der Waals surface area contributed by atoms with Crippen molar-refractivity contribution in [3.8, 4) is 0 Å². The van der Waals surface area contributed by atoms with Crippen LogP contribution in [0.5, 0.6) is 0 Å². The number of benzene rings is 1. The molecule has 1 fully saturated rings. The van der Waals surface area contributed by atoms with E-state index in [-0.39, 0.29) is 0 Å². The summed E-state index contributed by atoms with van der Waals surface area (Å²) in [6.07, 6.45) is 2.21. The lowest BCUT2D eigenvalue weighted by Gasteiger charge is -2.21. The van der Waals surface area contributed by atoms with E-state index in [1.54, 1.807) is 0 Å². The van der Waals surface area contributed by atoms with E-state index in [1.807, 2.05) is 25.1 Å². The van der Waals surface area contributed by atoms with Gasteiger partial charge in [0.2, 0.25) is 0 Å². The van der Waals surface area contributed by atoms with Crippen molar-refractivity contribution in [2.75, 3.05) is 18.9 Å². The van der Waals surface area contributed by atoms with Crippen molar-refractivity contribution in [3.05, 3.63) is 47.4 Å². The van der Waals surface area contributed by atoms with Crippen LogP contribution in [0.1, 0.15) is 35.8 Å². The molecule has 0 spiro atoms. The molecule has 2 N–H and O–H groups in total. The van der Waals surface area contributed by atoms with Gasteiger partial charge in [-0.3, -0.25) is 0 Å². The first-order chi connectivity index (χ1) is 9.75. The number of aromatic nitrogens is 2. The van der Waals surface area contributed by atoms with Gasteiger partial charge in [-0.2, -0.15) is 0 Å². The third kappa shape index (κ3) is 2.56. The highest BCUT2D eigenvalue weighted by Crippen LogP contribution is 2.30. The van der Waals surface area contributed by atoms with Crippen LogP contribution in [0.25, 0.3) is 0 Å². The van der Waals surface area contributed by atoms with Crippen LogP contribution >= 0.6 is 0 Å². The zero-order valence-electron chi connectivity index (χ0n) is 11.9. The molecule has 1 aliphatic heterocycles. The van der Waals surface area contributed by atoms with Crippen LogP contribution < -0.4 is 5.73 Å². The molecule has 106 valence electrons. The third-order valence-corrected chi connectivity index (χ3v) is 3.96. The van der Waals surface area contributed by atoms with E-state index >= 15 is 0 Å². The molecule has 1 aromatic carbocycles. The van der Waals surface area contributed by atoms with E-state index in [4.69, 9.17) is 10.5 Å². The van der Waals surface area contributed by atoms with Crippen LogP contribution in [0.4, 0.5) is 5.82 Å². The molecule has 1 saturated heterocycles. The van der Waals surface area contributed by atoms with Crippen molar-refractivity contribution in [1.82, 2.24) is 9.55 Å². The van der Waals surface area contributed by atoms with Crippen molar-refractivity contribution >= 4 is 5.82 Å². The van der Waals surface area contributed by atoms with Gasteiger partial charge >= 0.3 is 0 Å². The molecule has 1 atom stereocenters. The smallest absolute Gasteiger partial charge is 0.127 e. The van der Waals surface area contributed by atoms with Gasteiger partial charge in [0.15, 0.2) is 0 Å². The summed E-state index contributed by atoms with van der Waals surface area (Å²) in [7, 11) is 0. The number of imidazole rings is 1. The topological polar surface area (TPSA) is 53.1 Å². The van der Waals surface area contributed by atoms with Gasteiger partial charge in [-0.05, 0) is 25.3 Å². The first kappa shape index (κ1) is 13.2. The van der Waals surface area contributed by atoms with E-state index in [9.17, 15) is 0 Å². The van der Waals surface area contributed by atoms with Gasteiger partial charge in [-0.15, -0.1) is 0 Å². The second-order valence-electron chi connectivity index (χ2n) is 5.42. The quantitative estimate of drug-likeness (QED) is 0.934. The first-order valence-corrected chi connectivity index (χ1v) is 7.20. The SMILES string of the molecule is Cc1nc(C2CCCOC2)c(N)n1Cc1ccccc1. The molecule has 0 aliphatic carbocycles. The Labute approximate surface area is 119 Å². The Bertz CT molecular complexity index is 571. The standard InChI is InChI=1S/C16H21N3O/c1-12-18-15(14-8-5-9-20-11-14)16(17)19(12)10-13-6-3-2-4-7-13/h2-4,6-7,14H,5,8-11,17H2,1H3. The molecule has 0 radical (unpaired) electrons. The largest absolute Gasteiger partial charge is 0.384 e. The summed E-state index contributed by atoms with van der Waals surface area (Å²) in [5, 5.41) is 0. The number of nitrogens with two attached hydrogens (primary N) is 1. The summed E-state index contributed by atoms with van der Waals surface area (Å²) in [5.41, 5.74) is 8.58. The minimum absolute atomic E-state index is 0.347. The highest BCUT2D eigenvalue weighted by Gasteiger charge is 2.23. The van der Waals surface area contributed by atoms with Crippen molar-refractivity contribution < 1.29 is 4.74 Å². The Morgan fingerprint density at radius 1 is 1.35 bits per heavy atom. The Kier molecular flexibility index (Phi) is 3.74. The maximum Gasteiger partial charge on any atom is 0.127 e. The highest BCUT2D eigenvalue weighted by atomic mass is 16.5. The predicted octanol–water partition coefficient (Wildman–Crippen LogP) is 2.72. The van der Waals surface area contributed by atoms with E-state index in [0.29, 0.717) is 5.92 Å². The number of rotatable bonds is 3. The molecule has 2 aromatic rings. The Morgan fingerprint density at radius 2 is 2.15 bits per heavy atom. The Hall–Kier alpha value is -1.81. The molecular formula is C16H21N3O. The molecule has 1 aliphatic rings. The van der Waals surface area contributed by atoms with Crippen molar-refractivity contribution in [2.24, 2.45) is 0 Å². The maximum absolute atomic E-state index is 6.33. The van der Waals surface area contributed by atoms with Gasteiger partial charge in [0.25, 0.3) is 0 Å². The Morgan fingerprint density at radius 3 is 2.85 bits per heavy atom. The van der Waals surface area contributed by atoms with Crippen LogP contribution in [-0.4, -0.2) is 22.8 Å². The van der Waals surface area contributed by atoms with E-state index in [2.05, 4.69) is 21.7 Å². The molecule has 2 heterocycles. The van der Waals surface area contributed by atoms with Gasteiger partial charge in [0.1, 0.15) is 11.6 Å². The molecule has 4 nitrogen and oxygen atoms in total. The zero-order chi connectivity index (χ0) is 13.9. The lowest BCUT2D eigenvalue weighted by molar-refractivity contribution is 0.0796. The minimum atomic E-state index is 0.347. The van der Waals surface area contributed by atoms with E-state index in [1.165, 1.54) is 5.56 Å². The molecule has 3 rings (SSSR count). The maximum atomic E-state index is 6.33. The van der Waals surface area contributed by atoms with Crippen LogP contribution in [-0.2, 0) is 11.3 Å². The lowest BCUT2D eigenvalue weighted by atomic mass is 9.98. The van der Waals surface area contributed by atoms with Gasteiger partial charge in [-0.1, -0.05) is 30.3 Å². The first-order valence-electron chi connectivity index (χ1n) is 7.20. The summed E-state index contributed by atoms with van der Waals surface area (Å²) >= 11 is 0. The fraction of sp³-hybridized carbons (Fsp3) is 0.438. The molecule has 0 bridgehead atoms. The zero-order valence-corrected chi connectivity index (χ0v) is 11.9. The molecule has 1 unspecified atom stereocenters. The summed E-state index contributed by atoms with van der Waals surface area (Å²) < 4.78 is 7.65. The average molecular weight is 271 g/mol. The Balaban J connectivity index is 1.86.